The summed E-state index contributed by atoms with van der Waals surface area (Å²) >= 11 is 5.51. The second kappa shape index (κ2) is 4.28. The SMILES string of the molecule is O=[N+]([O-])c1ccc(-c2noc(CCl)n2)cc1. The van der Waals surface area contributed by atoms with Gasteiger partial charge in [0.05, 0.1) is 4.92 Å². The van der Waals surface area contributed by atoms with Gasteiger partial charge in [-0.25, -0.2) is 0 Å². The highest BCUT2D eigenvalue weighted by atomic mass is 35.5. The van der Waals surface area contributed by atoms with E-state index >= 15 is 0 Å². The summed E-state index contributed by atoms with van der Waals surface area (Å²) in [7, 11) is 0. The molecule has 1 aromatic carbocycles. The molecule has 0 radical (unpaired) electrons. The highest BCUT2D eigenvalue weighted by Gasteiger charge is 2.09. The van der Waals surface area contributed by atoms with E-state index < -0.39 is 4.92 Å². The lowest BCUT2D eigenvalue weighted by atomic mass is 10.2. The zero-order chi connectivity index (χ0) is 11.5. The van der Waals surface area contributed by atoms with E-state index in [2.05, 4.69) is 10.1 Å². The first-order valence-electron chi connectivity index (χ1n) is 4.34. The zero-order valence-corrected chi connectivity index (χ0v) is 8.72. The Balaban J connectivity index is 2.30. The fourth-order valence-corrected chi connectivity index (χ4v) is 1.27. The molecule has 0 fully saturated rings. The zero-order valence-electron chi connectivity index (χ0n) is 7.96. The molecule has 82 valence electrons. The molecule has 0 aliphatic rings. The highest BCUT2D eigenvalue weighted by molar-refractivity contribution is 6.16. The summed E-state index contributed by atoms with van der Waals surface area (Å²) in [5.41, 5.74) is 0.663. The van der Waals surface area contributed by atoms with Crippen LogP contribution in [0.1, 0.15) is 5.89 Å². The largest absolute Gasteiger partial charge is 0.338 e. The third-order valence-electron chi connectivity index (χ3n) is 1.92. The van der Waals surface area contributed by atoms with Crippen LogP contribution in [0.5, 0.6) is 0 Å². The van der Waals surface area contributed by atoms with Gasteiger partial charge in [0, 0.05) is 17.7 Å². The Morgan fingerprint density at radius 2 is 2.06 bits per heavy atom. The van der Waals surface area contributed by atoms with Crippen molar-refractivity contribution < 1.29 is 9.45 Å². The van der Waals surface area contributed by atoms with Crippen LogP contribution >= 0.6 is 11.6 Å². The van der Waals surface area contributed by atoms with E-state index in [0.717, 1.165) is 0 Å². The van der Waals surface area contributed by atoms with Crippen LogP contribution in [-0.2, 0) is 5.88 Å². The number of nitrogens with zero attached hydrogens (tertiary/aromatic N) is 3. The third-order valence-corrected chi connectivity index (χ3v) is 2.15. The lowest BCUT2D eigenvalue weighted by Gasteiger charge is -1.93. The molecule has 0 aliphatic heterocycles. The predicted octanol–water partition coefficient (Wildman–Crippen LogP) is 2.38. The van der Waals surface area contributed by atoms with E-state index in [9.17, 15) is 10.1 Å². The molecule has 6 nitrogen and oxygen atoms in total. The maximum Gasteiger partial charge on any atom is 0.269 e. The predicted molar refractivity (Wildman–Crippen MR) is 55.9 cm³/mol. The molecule has 0 saturated heterocycles. The van der Waals surface area contributed by atoms with E-state index in [-0.39, 0.29) is 11.6 Å². The van der Waals surface area contributed by atoms with Crippen LogP contribution in [-0.4, -0.2) is 15.1 Å². The summed E-state index contributed by atoms with van der Waals surface area (Å²) < 4.78 is 4.82. The van der Waals surface area contributed by atoms with Gasteiger partial charge < -0.3 is 4.52 Å². The fourth-order valence-electron chi connectivity index (χ4n) is 1.16. The molecule has 2 aromatic rings. The Labute approximate surface area is 95.0 Å². The first-order chi connectivity index (χ1) is 7.70. The molecule has 0 atom stereocenters. The van der Waals surface area contributed by atoms with Gasteiger partial charge in [-0.15, -0.1) is 11.6 Å². The summed E-state index contributed by atoms with van der Waals surface area (Å²) in [4.78, 5) is 14.0. The van der Waals surface area contributed by atoms with Gasteiger partial charge in [0.15, 0.2) is 0 Å². The van der Waals surface area contributed by atoms with Crippen LogP contribution in [0.25, 0.3) is 11.4 Å². The third kappa shape index (κ3) is 2.01. The average molecular weight is 240 g/mol. The van der Waals surface area contributed by atoms with Crippen molar-refractivity contribution in [3.8, 4) is 11.4 Å². The number of aromatic nitrogens is 2. The smallest absolute Gasteiger partial charge is 0.269 e. The molecule has 0 N–H and O–H groups in total. The van der Waals surface area contributed by atoms with Crippen molar-refractivity contribution in [1.29, 1.82) is 0 Å². The number of nitro groups is 1. The second-order valence-corrected chi connectivity index (χ2v) is 3.22. The van der Waals surface area contributed by atoms with Crippen LogP contribution in [0.15, 0.2) is 28.8 Å². The van der Waals surface area contributed by atoms with Gasteiger partial charge in [0.2, 0.25) is 11.7 Å². The monoisotopic (exact) mass is 239 g/mol. The average Bonchev–Trinajstić information content (AvgIpc) is 2.77. The van der Waals surface area contributed by atoms with Gasteiger partial charge >= 0.3 is 0 Å². The standard InChI is InChI=1S/C9H6ClN3O3/c10-5-8-11-9(12-16-8)6-1-3-7(4-2-6)13(14)15/h1-4H,5H2. The van der Waals surface area contributed by atoms with Gasteiger partial charge in [-0.1, -0.05) is 5.16 Å². The van der Waals surface area contributed by atoms with Gasteiger partial charge in [-0.3, -0.25) is 10.1 Å². The van der Waals surface area contributed by atoms with E-state index in [1.807, 2.05) is 0 Å². The fraction of sp³-hybridized carbons (Fsp3) is 0.111. The minimum absolute atomic E-state index is 0.0183. The Morgan fingerprint density at radius 1 is 1.38 bits per heavy atom. The maximum absolute atomic E-state index is 10.4. The lowest BCUT2D eigenvalue weighted by molar-refractivity contribution is -0.384. The normalized spacial score (nSPS) is 10.3. The number of alkyl halides is 1. The summed E-state index contributed by atoms with van der Waals surface area (Å²) in [5.74, 6) is 0.820. The first-order valence-corrected chi connectivity index (χ1v) is 4.87. The van der Waals surface area contributed by atoms with Crippen molar-refractivity contribution in [3.05, 3.63) is 40.3 Å². The second-order valence-electron chi connectivity index (χ2n) is 2.95. The molecule has 0 saturated carbocycles. The van der Waals surface area contributed by atoms with Crippen molar-refractivity contribution >= 4 is 17.3 Å². The molecule has 0 aliphatic carbocycles. The van der Waals surface area contributed by atoms with Crippen molar-refractivity contribution in [2.24, 2.45) is 0 Å². The quantitative estimate of drug-likeness (QED) is 0.467. The molecule has 0 amide bonds. The number of non-ortho nitro benzene ring substituents is 1. The van der Waals surface area contributed by atoms with Crippen LogP contribution < -0.4 is 0 Å². The van der Waals surface area contributed by atoms with Gasteiger partial charge in [0.1, 0.15) is 5.88 Å². The molecule has 0 spiro atoms. The summed E-state index contributed by atoms with van der Waals surface area (Å²) in [6.45, 7) is 0. The number of nitro benzene ring substituents is 1. The first kappa shape index (κ1) is 10.6. The highest BCUT2D eigenvalue weighted by Crippen LogP contribution is 2.19. The van der Waals surface area contributed by atoms with E-state index in [1.165, 1.54) is 12.1 Å². The minimum atomic E-state index is -0.468. The van der Waals surface area contributed by atoms with Gasteiger partial charge in [-0.2, -0.15) is 4.98 Å². The van der Waals surface area contributed by atoms with Crippen molar-refractivity contribution in [3.63, 3.8) is 0 Å². The van der Waals surface area contributed by atoms with Crippen LogP contribution in [0.4, 0.5) is 5.69 Å². The Morgan fingerprint density at radius 3 is 2.56 bits per heavy atom. The molecule has 1 heterocycles. The number of benzene rings is 1. The summed E-state index contributed by atoms with van der Waals surface area (Å²) in [5, 5.41) is 14.1. The van der Waals surface area contributed by atoms with Gasteiger partial charge in [0.25, 0.3) is 5.69 Å². The number of rotatable bonds is 3. The van der Waals surface area contributed by atoms with Crippen LogP contribution in [0, 0.1) is 10.1 Å². The molecule has 0 unspecified atom stereocenters. The van der Waals surface area contributed by atoms with Crippen molar-refractivity contribution in [2.75, 3.05) is 0 Å². The molecule has 0 bridgehead atoms. The molecule has 2 rings (SSSR count). The summed E-state index contributed by atoms with van der Waals surface area (Å²) in [6, 6.07) is 5.88. The van der Waals surface area contributed by atoms with E-state index in [0.29, 0.717) is 17.3 Å². The Hall–Kier alpha value is -1.95. The van der Waals surface area contributed by atoms with E-state index in [4.69, 9.17) is 16.1 Å². The molecule has 7 heteroatoms. The molecule has 16 heavy (non-hydrogen) atoms. The Bertz CT molecular complexity index is 509. The van der Waals surface area contributed by atoms with Gasteiger partial charge in [-0.05, 0) is 12.1 Å². The molecule has 1 aromatic heterocycles. The minimum Gasteiger partial charge on any atom is -0.338 e. The van der Waals surface area contributed by atoms with E-state index in [1.54, 1.807) is 12.1 Å². The van der Waals surface area contributed by atoms with Crippen molar-refractivity contribution in [2.45, 2.75) is 5.88 Å². The lowest BCUT2D eigenvalue weighted by Crippen LogP contribution is -1.87. The molecular formula is C9H6ClN3O3. The number of hydrogen-bond donors (Lipinski definition) is 0. The topological polar surface area (TPSA) is 82.1 Å². The molecular weight excluding hydrogens is 234 g/mol. The van der Waals surface area contributed by atoms with Crippen LogP contribution in [0.3, 0.4) is 0 Å². The summed E-state index contributed by atoms with van der Waals surface area (Å²) in [6.07, 6.45) is 0. The number of hydrogen-bond acceptors (Lipinski definition) is 5. The van der Waals surface area contributed by atoms with Crippen LogP contribution in [0.2, 0.25) is 0 Å². The maximum atomic E-state index is 10.4. The number of halogens is 1. The Kier molecular flexibility index (Phi) is 2.82. The van der Waals surface area contributed by atoms with Crippen molar-refractivity contribution in [1.82, 2.24) is 10.1 Å².